The summed E-state index contributed by atoms with van der Waals surface area (Å²) in [6, 6.07) is -0.905. The molecule has 0 unspecified atom stereocenters. The lowest BCUT2D eigenvalue weighted by atomic mass is 10.0. The number of rotatable bonds is 5. The summed E-state index contributed by atoms with van der Waals surface area (Å²) in [5.41, 5.74) is -0.739. The van der Waals surface area contributed by atoms with Crippen LogP contribution in [-0.4, -0.2) is 41.1 Å². The van der Waals surface area contributed by atoms with Crippen LogP contribution in [0, 0.1) is 5.92 Å². The molecule has 1 saturated heterocycles. The second-order valence-electron chi connectivity index (χ2n) is 6.50. The van der Waals surface area contributed by atoms with Gasteiger partial charge in [0.1, 0.15) is 11.6 Å². The molecule has 130 valence electrons. The zero-order valence-corrected chi connectivity index (χ0v) is 14.6. The third kappa shape index (κ3) is 5.37. The monoisotopic (exact) mass is 325 g/mol. The van der Waals surface area contributed by atoms with Gasteiger partial charge in [-0.2, -0.15) is 0 Å². The standard InChI is InChI=1S/C17H27NO5/c1-6-8-9-10-12-11-13(15(20)22-7-2)18(14(12)19)16(21)23-17(3,4)5/h8-9,12-13H,6-7,10-11H2,1-5H3/b9-8+/t12-,13+/m1/s1. The number of nitrogens with zero attached hydrogens (tertiary/aromatic N) is 1. The lowest BCUT2D eigenvalue weighted by molar-refractivity contribution is -0.151. The molecule has 1 rings (SSSR count). The minimum absolute atomic E-state index is 0.200. The van der Waals surface area contributed by atoms with Crippen molar-refractivity contribution in [2.24, 2.45) is 5.92 Å². The highest BCUT2D eigenvalue weighted by Gasteiger charge is 2.48. The van der Waals surface area contributed by atoms with Crippen molar-refractivity contribution >= 4 is 18.0 Å². The number of allylic oxidation sites excluding steroid dienone is 2. The topological polar surface area (TPSA) is 72.9 Å². The molecule has 0 aromatic rings. The van der Waals surface area contributed by atoms with Crippen LogP contribution in [0.3, 0.4) is 0 Å². The van der Waals surface area contributed by atoms with E-state index < -0.39 is 29.6 Å². The molecule has 1 aliphatic rings. The largest absolute Gasteiger partial charge is 0.464 e. The Morgan fingerprint density at radius 3 is 2.43 bits per heavy atom. The first-order valence-corrected chi connectivity index (χ1v) is 8.08. The van der Waals surface area contributed by atoms with Gasteiger partial charge in [0, 0.05) is 5.92 Å². The summed E-state index contributed by atoms with van der Waals surface area (Å²) >= 11 is 0. The van der Waals surface area contributed by atoms with Crippen molar-refractivity contribution in [3.63, 3.8) is 0 Å². The predicted octanol–water partition coefficient (Wildman–Crippen LogP) is 3.06. The van der Waals surface area contributed by atoms with Crippen molar-refractivity contribution < 1.29 is 23.9 Å². The summed E-state index contributed by atoms with van der Waals surface area (Å²) < 4.78 is 10.3. The number of hydrogen-bond acceptors (Lipinski definition) is 5. The fraction of sp³-hybridized carbons (Fsp3) is 0.706. The minimum Gasteiger partial charge on any atom is -0.464 e. The van der Waals surface area contributed by atoms with Gasteiger partial charge in [0.05, 0.1) is 6.61 Å². The van der Waals surface area contributed by atoms with Crippen molar-refractivity contribution in [2.45, 2.75) is 65.5 Å². The fourth-order valence-electron chi connectivity index (χ4n) is 2.42. The van der Waals surface area contributed by atoms with Crippen LogP contribution in [0.5, 0.6) is 0 Å². The lowest BCUT2D eigenvalue weighted by Crippen LogP contribution is -2.46. The lowest BCUT2D eigenvalue weighted by Gasteiger charge is -2.26. The number of esters is 1. The van der Waals surface area contributed by atoms with Crippen molar-refractivity contribution in [2.75, 3.05) is 6.61 Å². The third-order valence-corrected chi connectivity index (χ3v) is 3.38. The number of carbonyl (C=O) groups is 3. The molecule has 2 amide bonds. The highest BCUT2D eigenvalue weighted by Crippen LogP contribution is 2.30. The second-order valence-corrected chi connectivity index (χ2v) is 6.50. The van der Waals surface area contributed by atoms with Crippen molar-refractivity contribution in [1.29, 1.82) is 0 Å². The number of hydrogen-bond donors (Lipinski definition) is 0. The van der Waals surface area contributed by atoms with Gasteiger partial charge in [-0.3, -0.25) is 4.79 Å². The summed E-state index contributed by atoms with van der Waals surface area (Å²) in [6.45, 7) is 9.03. The highest BCUT2D eigenvalue weighted by atomic mass is 16.6. The molecule has 1 fully saturated rings. The molecule has 6 nitrogen and oxygen atoms in total. The molecule has 2 atom stereocenters. The molecule has 6 heteroatoms. The van der Waals surface area contributed by atoms with Gasteiger partial charge in [-0.05, 0) is 47.0 Å². The van der Waals surface area contributed by atoms with Crippen LogP contribution in [-0.2, 0) is 19.1 Å². The van der Waals surface area contributed by atoms with Gasteiger partial charge in [-0.25, -0.2) is 14.5 Å². The van der Waals surface area contributed by atoms with Gasteiger partial charge in [-0.15, -0.1) is 0 Å². The molecular formula is C17H27NO5. The Bertz CT molecular complexity index is 478. The van der Waals surface area contributed by atoms with Gasteiger partial charge in [0.2, 0.25) is 5.91 Å². The van der Waals surface area contributed by atoms with Gasteiger partial charge < -0.3 is 9.47 Å². The summed E-state index contributed by atoms with van der Waals surface area (Å²) in [6.07, 6.45) is 4.72. The van der Waals surface area contributed by atoms with Crippen molar-refractivity contribution in [3.8, 4) is 0 Å². The average molecular weight is 325 g/mol. The molecule has 0 bridgehead atoms. The molecule has 0 spiro atoms. The minimum atomic E-state index is -0.905. The van der Waals surface area contributed by atoms with Gasteiger partial charge >= 0.3 is 12.1 Å². The summed E-state index contributed by atoms with van der Waals surface area (Å²) in [5.74, 6) is -1.34. The number of carbonyl (C=O) groups excluding carboxylic acids is 3. The Morgan fingerprint density at radius 1 is 1.26 bits per heavy atom. The first kappa shape index (κ1) is 19.2. The van der Waals surface area contributed by atoms with E-state index in [1.807, 2.05) is 19.1 Å². The zero-order chi connectivity index (χ0) is 17.6. The quantitative estimate of drug-likeness (QED) is 0.574. The van der Waals surface area contributed by atoms with Gasteiger partial charge in [-0.1, -0.05) is 19.1 Å². The molecular weight excluding hydrogens is 298 g/mol. The second kappa shape index (κ2) is 8.13. The van der Waals surface area contributed by atoms with Crippen LogP contribution in [0.1, 0.15) is 53.9 Å². The molecule has 0 aromatic carbocycles. The van der Waals surface area contributed by atoms with Crippen molar-refractivity contribution in [1.82, 2.24) is 4.90 Å². The van der Waals surface area contributed by atoms with Crippen LogP contribution >= 0.6 is 0 Å². The first-order valence-electron chi connectivity index (χ1n) is 8.08. The number of imide groups is 1. The summed E-state index contributed by atoms with van der Waals surface area (Å²) in [4.78, 5) is 37.9. The number of ether oxygens (including phenoxy) is 2. The third-order valence-electron chi connectivity index (χ3n) is 3.38. The van der Waals surface area contributed by atoms with Crippen LogP contribution in [0.25, 0.3) is 0 Å². The Balaban J connectivity index is 2.95. The Kier molecular flexibility index (Phi) is 6.79. The van der Waals surface area contributed by atoms with E-state index in [1.54, 1.807) is 27.7 Å². The maximum atomic E-state index is 12.5. The molecule has 0 radical (unpaired) electrons. The van der Waals surface area contributed by atoms with Crippen LogP contribution in [0.15, 0.2) is 12.2 Å². The van der Waals surface area contributed by atoms with E-state index in [-0.39, 0.29) is 18.9 Å². The molecule has 0 aliphatic carbocycles. The SMILES string of the molecule is CC/C=C/C[C@@H]1C[C@@H](C(=O)OCC)N(C(=O)OC(C)(C)C)C1=O. The zero-order valence-electron chi connectivity index (χ0n) is 14.6. The predicted molar refractivity (Wildman–Crippen MR) is 85.7 cm³/mol. The van der Waals surface area contributed by atoms with E-state index in [2.05, 4.69) is 0 Å². The highest BCUT2D eigenvalue weighted by molar-refractivity contribution is 6.00. The van der Waals surface area contributed by atoms with E-state index in [1.165, 1.54) is 0 Å². The van der Waals surface area contributed by atoms with E-state index in [0.717, 1.165) is 11.3 Å². The molecule has 1 heterocycles. The number of amides is 2. The smallest absolute Gasteiger partial charge is 0.417 e. The summed E-state index contributed by atoms with van der Waals surface area (Å²) in [7, 11) is 0. The first-order chi connectivity index (χ1) is 10.7. The summed E-state index contributed by atoms with van der Waals surface area (Å²) in [5, 5.41) is 0. The average Bonchev–Trinajstić information content (AvgIpc) is 2.75. The number of likely N-dealkylation sites (tertiary alicyclic amines) is 1. The van der Waals surface area contributed by atoms with E-state index in [9.17, 15) is 14.4 Å². The molecule has 1 aliphatic heterocycles. The maximum Gasteiger partial charge on any atom is 0.417 e. The fourth-order valence-corrected chi connectivity index (χ4v) is 2.42. The maximum absolute atomic E-state index is 12.5. The van der Waals surface area contributed by atoms with Crippen LogP contribution in [0.4, 0.5) is 4.79 Å². The van der Waals surface area contributed by atoms with E-state index >= 15 is 0 Å². The Hall–Kier alpha value is -1.85. The van der Waals surface area contributed by atoms with Crippen LogP contribution < -0.4 is 0 Å². The van der Waals surface area contributed by atoms with E-state index in [0.29, 0.717) is 6.42 Å². The van der Waals surface area contributed by atoms with Gasteiger partial charge in [0.15, 0.2) is 0 Å². The van der Waals surface area contributed by atoms with Gasteiger partial charge in [0.25, 0.3) is 0 Å². The van der Waals surface area contributed by atoms with Crippen LogP contribution in [0.2, 0.25) is 0 Å². The Morgan fingerprint density at radius 2 is 1.91 bits per heavy atom. The Labute approximate surface area is 137 Å². The van der Waals surface area contributed by atoms with E-state index in [4.69, 9.17) is 9.47 Å². The van der Waals surface area contributed by atoms with Crippen molar-refractivity contribution in [3.05, 3.63) is 12.2 Å². The molecule has 23 heavy (non-hydrogen) atoms. The normalized spacial score (nSPS) is 21.8. The molecule has 0 N–H and O–H groups in total. The molecule has 0 saturated carbocycles. The molecule has 0 aromatic heterocycles.